The van der Waals surface area contributed by atoms with Gasteiger partial charge in [-0.25, -0.2) is 9.07 Å². The van der Waals surface area contributed by atoms with Crippen molar-refractivity contribution < 1.29 is 14.0 Å². The Hall–Kier alpha value is -3.46. The number of primary amides is 1. The number of amides is 2. The Balaban J connectivity index is 1.43. The number of halogens is 2. The number of nitrogens with zero attached hydrogens (tertiary/aromatic N) is 4. The highest BCUT2D eigenvalue weighted by atomic mass is 35.5. The van der Waals surface area contributed by atoms with Crippen LogP contribution >= 0.6 is 11.6 Å². The topological polar surface area (TPSA) is 106 Å². The van der Waals surface area contributed by atoms with Crippen LogP contribution in [-0.2, 0) is 4.79 Å². The molecule has 3 N–H and O–H groups in total. The summed E-state index contributed by atoms with van der Waals surface area (Å²) in [5.74, 6) is -1.24. The molecule has 32 heavy (non-hydrogen) atoms. The summed E-state index contributed by atoms with van der Waals surface area (Å²) in [7, 11) is 0. The molecule has 1 aliphatic rings. The van der Waals surface area contributed by atoms with Gasteiger partial charge in [0.1, 0.15) is 5.82 Å². The van der Waals surface area contributed by atoms with E-state index in [0.717, 1.165) is 31.6 Å². The molecular formula is C22H22ClFN6O2. The van der Waals surface area contributed by atoms with Gasteiger partial charge in [-0.2, -0.15) is 0 Å². The maximum absolute atomic E-state index is 13.4. The zero-order chi connectivity index (χ0) is 22.8. The van der Waals surface area contributed by atoms with E-state index in [2.05, 4.69) is 20.5 Å². The van der Waals surface area contributed by atoms with Crippen LogP contribution in [0, 0.1) is 18.7 Å². The fourth-order valence-electron chi connectivity index (χ4n) is 3.77. The molecule has 4 rings (SSSR count). The van der Waals surface area contributed by atoms with Crippen LogP contribution in [0.25, 0.3) is 5.69 Å². The number of nitrogens with one attached hydrogen (secondary N) is 1. The van der Waals surface area contributed by atoms with Gasteiger partial charge in [0.05, 0.1) is 16.4 Å². The van der Waals surface area contributed by atoms with E-state index >= 15 is 0 Å². The standard InChI is InChI=1S/C22H22ClFN6O2/c1-13-20(27-28-30(13)17-6-7-19(24)18(23)12-17)22(32)26-15-2-4-16(5-3-15)29-10-8-14(9-11-29)21(25)31/h2-7,12,14H,8-11H2,1H3,(H2,25,31)(H,26,32). The van der Waals surface area contributed by atoms with Crippen molar-refractivity contribution in [3.05, 3.63) is 64.7 Å². The van der Waals surface area contributed by atoms with E-state index in [-0.39, 0.29) is 22.5 Å². The smallest absolute Gasteiger partial charge is 0.278 e. The van der Waals surface area contributed by atoms with Gasteiger partial charge in [0.25, 0.3) is 5.91 Å². The van der Waals surface area contributed by atoms with Crippen LogP contribution in [0.15, 0.2) is 42.5 Å². The summed E-state index contributed by atoms with van der Waals surface area (Å²) >= 11 is 5.84. The molecule has 1 fully saturated rings. The van der Waals surface area contributed by atoms with Crippen molar-refractivity contribution in [2.45, 2.75) is 19.8 Å². The summed E-state index contributed by atoms with van der Waals surface area (Å²) in [6.45, 7) is 3.22. The molecule has 3 aromatic rings. The lowest BCUT2D eigenvalue weighted by molar-refractivity contribution is -0.122. The van der Waals surface area contributed by atoms with Crippen molar-refractivity contribution in [3.63, 3.8) is 0 Å². The zero-order valence-electron chi connectivity index (χ0n) is 17.4. The molecule has 0 aliphatic carbocycles. The molecule has 0 saturated carbocycles. The second kappa shape index (κ2) is 8.96. The third kappa shape index (κ3) is 4.43. The monoisotopic (exact) mass is 456 g/mol. The van der Waals surface area contributed by atoms with Gasteiger partial charge >= 0.3 is 0 Å². The highest BCUT2D eigenvalue weighted by Gasteiger charge is 2.23. The number of nitrogens with two attached hydrogens (primary N) is 1. The Bertz CT molecular complexity index is 1160. The minimum Gasteiger partial charge on any atom is -0.371 e. The van der Waals surface area contributed by atoms with E-state index in [4.69, 9.17) is 17.3 Å². The number of rotatable bonds is 5. The molecule has 8 nitrogen and oxygen atoms in total. The van der Waals surface area contributed by atoms with Gasteiger partial charge in [-0.15, -0.1) is 5.10 Å². The fourth-order valence-corrected chi connectivity index (χ4v) is 3.94. The maximum Gasteiger partial charge on any atom is 0.278 e. The Kier molecular flexibility index (Phi) is 6.09. The number of benzene rings is 2. The number of aromatic nitrogens is 3. The van der Waals surface area contributed by atoms with Crippen molar-refractivity contribution in [2.24, 2.45) is 11.7 Å². The van der Waals surface area contributed by atoms with Gasteiger partial charge in [0, 0.05) is 30.4 Å². The minimum atomic E-state index is -0.535. The van der Waals surface area contributed by atoms with Crippen LogP contribution in [0.2, 0.25) is 5.02 Å². The number of carbonyl (C=O) groups is 2. The van der Waals surface area contributed by atoms with Gasteiger partial charge in [0.2, 0.25) is 5.91 Å². The molecule has 0 unspecified atom stereocenters. The van der Waals surface area contributed by atoms with E-state index in [0.29, 0.717) is 17.1 Å². The molecule has 166 valence electrons. The summed E-state index contributed by atoms with van der Waals surface area (Å²) in [6.07, 6.45) is 1.48. The Morgan fingerprint density at radius 2 is 1.78 bits per heavy atom. The van der Waals surface area contributed by atoms with Crippen molar-refractivity contribution in [1.82, 2.24) is 15.0 Å². The molecule has 1 aliphatic heterocycles. The molecule has 1 saturated heterocycles. The average Bonchev–Trinajstić information content (AvgIpc) is 3.17. The first kappa shape index (κ1) is 21.8. The first-order valence-electron chi connectivity index (χ1n) is 10.2. The van der Waals surface area contributed by atoms with Crippen LogP contribution in [0.4, 0.5) is 15.8 Å². The van der Waals surface area contributed by atoms with Gasteiger partial charge in [-0.1, -0.05) is 16.8 Å². The van der Waals surface area contributed by atoms with Crippen LogP contribution in [0.1, 0.15) is 29.0 Å². The van der Waals surface area contributed by atoms with E-state index < -0.39 is 11.7 Å². The third-order valence-corrected chi connectivity index (χ3v) is 5.93. The molecule has 2 heterocycles. The molecule has 2 aromatic carbocycles. The van der Waals surface area contributed by atoms with Gasteiger partial charge < -0.3 is 16.0 Å². The molecule has 1 aromatic heterocycles. The van der Waals surface area contributed by atoms with Crippen molar-refractivity contribution in [3.8, 4) is 5.69 Å². The highest BCUT2D eigenvalue weighted by Crippen LogP contribution is 2.25. The van der Waals surface area contributed by atoms with Crippen molar-refractivity contribution in [2.75, 3.05) is 23.3 Å². The molecule has 0 radical (unpaired) electrons. The quantitative estimate of drug-likeness (QED) is 0.612. The summed E-state index contributed by atoms with van der Waals surface area (Å²) in [5.41, 5.74) is 8.18. The summed E-state index contributed by atoms with van der Waals surface area (Å²) in [6, 6.07) is 11.6. The lowest BCUT2D eigenvalue weighted by Crippen LogP contribution is -2.38. The number of hydrogen-bond acceptors (Lipinski definition) is 5. The van der Waals surface area contributed by atoms with E-state index in [1.54, 1.807) is 6.92 Å². The van der Waals surface area contributed by atoms with Crippen LogP contribution in [0.3, 0.4) is 0 Å². The average molecular weight is 457 g/mol. The van der Waals surface area contributed by atoms with Gasteiger partial charge in [-0.3, -0.25) is 9.59 Å². The number of anilines is 2. The van der Waals surface area contributed by atoms with E-state index in [9.17, 15) is 14.0 Å². The maximum atomic E-state index is 13.4. The second-order valence-corrected chi connectivity index (χ2v) is 8.11. The first-order chi connectivity index (χ1) is 15.3. The molecule has 0 bridgehead atoms. The number of carbonyl (C=O) groups excluding carboxylic acids is 2. The molecular weight excluding hydrogens is 435 g/mol. The van der Waals surface area contributed by atoms with Gasteiger partial charge in [0.15, 0.2) is 5.69 Å². The predicted molar refractivity (Wildman–Crippen MR) is 120 cm³/mol. The van der Waals surface area contributed by atoms with Crippen LogP contribution < -0.4 is 16.0 Å². The molecule has 0 spiro atoms. The van der Waals surface area contributed by atoms with Crippen LogP contribution in [-0.4, -0.2) is 39.9 Å². The lowest BCUT2D eigenvalue weighted by atomic mass is 9.96. The first-order valence-corrected chi connectivity index (χ1v) is 10.5. The van der Waals surface area contributed by atoms with Crippen molar-refractivity contribution >= 4 is 34.8 Å². The zero-order valence-corrected chi connectivity index (χ0v) is 18.1. The van der Waals surface area contributed by atoms with Crippen molar-refractivity contribution in [1.29, 1.82) is 0 Å². The number of hydrogen-bond donors (Lipinski definition) is 2. The normalized spacial score (nSPS) is 14.4. The predicted octanol–water partition coefficient (Wildman–Crippen LogP) is 3.32. The van der Waals surface area contributed by atoms with E-state index in [1.807, 2.05) is 24.3 Å². The lowest BCUT2D eigenvalue weighted by Gasteiger charge is -2.32. The van der Waals surface area contributed by atoms with Crippen LogP contribution in [0.5, 0.6) is 0 Å². The minimum absolute atomic E-state index is 0.0395. The largest absolute Gasteiger partial charge is 0.371 e. The molecule has 2 amide bonds. The summed E-state index contributed by atoms with van der Waals surface area (Å²) < 4.78 is 14.9. The molecule has 10 heteroatoms. The summed E-state index contributed by atoms with van der Waals surface area (Å²) in [4.78, 5) is 26.2. The third-order valence-electron chi connectivity index (χ3n) is 5.65. The highest BCUT2D eigenvalue weighted by molar-refractivity contribution is 6.30. The Labute approximate surface area is 189 Å². The SMILES string of the molecule is Cc1c(C(=O)Nc2ccc(N3CCC(C(N)=O)CC3)cc2)nnn1-c1ccc(F)c(Cl)c1. The number of piperidine rings is 1. The second-order valence-electron chi connectivity index (χ2n) is 7.70. The Morgan fingerprint density at radius 3 is 2.41 bits per heavy atom. The Morgan fingerprint density at radius 1 is 1.12 bits per heavy atom. The summed E-state index contributed by atoms with van der Waals surface area (Å²) in [5, 5.41) is 10.7. The molecule has 0 atom stereocenters. The fraction of sp³-hybridized carbons (Fsp3) is 0.273. The van der Waals surface area contributed by atoms with Gasteiger partial charge in [-0.05, 0) is 62.2 Å². The van der Waals surface area contributed by atoms with E-state index in [1.165, 1.54) is 22.9 Å².